The molecule has 0 spiro atoms. The van der Waals surface area contributed by atoms with Gasteiger partial charge in [-0.15, -0.1) is 0 Å². The molecule has 0 saturated carbocycles. The number of pyridine rings is 1. The van der Waals surface area contributed by atoms with Gasteiger partial charge >= 0.3 is 0 Å². The SMILES string of the molecule is COc1cc(-n2c(N)nc3c(C)ccnc32)c(Br)cc1Br. The highest BCUT2D eigenvalue weighted by atomic mass is 79.9. The number of methoxy groups -OCH3 is 1. The van der Waals surface area contributed by atoms with Crippen LogP contribution in [0.3, 0.4) is 0 Å². The van der Waals surface area contributed by atoms with E-state index < -0.39 is 0 Å². The van der Waals surface area contributed by atoms with Gasteiger partial charge < -0.3 is 10.5 Å². The van der Waals surface area contributed by atoms with Crippen molar-refractivity contribution in [1.29, 1.82) is 0 Å². The summed E-state index contributed by atoms with van der Waals surface area (Å²) in [6.45, 7) is 1.98. The molecule has 0 bridgehead atoms. The van der Waals surface area contributed by atoms with Crippen molar-refractivity contribution in [3.63, 3.8) is 0 Å². The molecule has 0 radical (unpaired) electrons. The zero-order chi connectivity index (χ0) is 15.1. The van der Waals surface area contributed by atoms with Gasteiger partial charge in [-0.2, -0.15) is 0 Å². The predicted octanol–water partition coefficient (Wildman–Crippen LogP) is 3.84. The maximum atomic E-state index is 6.09. The Labute approximate surface area is 138 Å². The van der Waals surface area contributed by atoms with Gasteiger partial charge in [0.2, 0.25) is 5.95 Å². The van der Waals surface area contributed by atoms with E-state index in [0.717, 1.165) is 31.4 Å². The molecular formula is C14H12Br2N4O. The van der Waals surface area contributed by atoms with Gasteiger partial charge in [-0.3, -0.25) is 4.57 Å². The first-order valence-corrected chi connectivity index (χ1v) is 7.74. The number of hydrogen-bond donors (Lipinski definition) is 1. The summed E-state index contributed by atoms with van der Waals surface area (Å²) in [5.74, 6) is 1.10. The molecule has 3 aromatic rings. The Hall–Kier alpha value is -1.60. The Morgan fingerprint density at radius 2 is 2.00 bits per heavy atom. The number of halogens is 2. The van der Waals surface area contributed by atoms with E-state index in [9.17, 15) is 0 Å². The second-order valence-electron chi connectivity index (χ2n) is 4.54. The summed E-state index contributed by atoms with van der Waals surface area (Å²) in [6.07, 6.45) is 1.75. The Morgan fingerprint density at radius 1 is 1.24 bits per heavy atom. The van der Waals surface area contributed by atoms with E-state index in [-0.39, 0.29) is 0 Å². The van der Waals surface area contributed by atoms with Gasteiger partial charge in [0.15, 0.2) is 5.65 Å². The summed E-state index contributed by atoms with van der Waals surface area (Å²) >= 11 is 7.01. The third-order valence-electron chi connectivity index (χ3n) is 3.24. The number of nitrogens with two attached hydrogens (primary N) is 1. The minimum atomic E-state index is 0.386. The molecule has 0 saturated heterocycles. The quantitative estimate of drug-likeness (QED) is 0.695. The third kappa shape index (κ3) is 2.30. The number of fused-ring (bicyclic) bond motifs is 1. The van der Waals surface area contributed by atoms with Crippen molar-refractivity contribution in [2.45, 2.75) is 6.92 Å². The normalized spacial score (nSPS) is 11.0. The average Bonchev–Trinajstić information content (AvgIpc) is 2.77. The third-order valence-corrected chi connectivity index (χ3v) is 4.49. The van der Waals surface area contributed by atoms with Crippen LogP contribution in [0, 0.1) is 6.92 Å². The Bertz CT molecular complexity index is 845. The summed E-state index contributed by atoms with van der Waals surface area (Å²) in [5, 5.41) is 0. The van der Waals surface area contributed by atoms with Crippen molar-refractivity contribution in [1.82, 2.24) is 14.5 Å². The van der Waals surface area contributed by atoms with Crippen LogP contribution in [0.2, 0.25) is 0 Å². The van der Waals surface area contributed by atoms with Crippen LogP contribution in [-0.2, 0) is 0 Å². The largest absolute Gasteiger partial charge is 0.495 e. The summed E-state index contributed by atoms with van der Waals surface area (Å²) in [7, 11) is 1.62. The zero-order valence-electron chi connectivity index (χ0n) is 11.4. The van der Waals surface area contributed by atoms with Crippen LogP contribution >= 0.6 is 31.9 Å². The summed E-state index contributed by atoms with van der Waals surface area (Å²) < 4.78 is 8.88. The van der Waals surface area contributed by atoms with Crippen molar-refractivity contribution in [3.8, 4) is 11.4 Å². The standard InChI is InChI=1S/C14H12Br2N4O/c1-7-3-4-18-13-12(7)19-14(17)20(13)10-6-11(21-2)9(16)5-8(10)15/h3-6H,1-2H3,(H2,17,19). The van der Waals surface area contributed by atoms with Crippen molar-refractivity contribution in [2.75, 3.05) is 12.8 Å². The van der Waals surface area contributed by atoms with Crippen LogP contribution in [0.1, 0.15) is 5.56 Å². The van der Waals surface area contributed by atoms with E-state index in [0.29, 0.717) is 11.7 Å². The molecule has 2 N–H and O–H groups in total. The molecule has 2 heterocycles. The van der Waals surface area contributed by atoms with Crippen molar-refractivity contribution in [3.05, 3.63) is 38.9 Å². The highest BCUT2D eigenvalue weighted by molar-refractivity contribution is 9.11. The molecule has 7 heteroatoms. The molecule has 0 atom stereocenters. The van der Waals surface area contributed by atoms with Crippen LogP contribution in [0.25, 0.3) is 16.9 Å². The first-order chi connectivity index (χ1) is 10.0. The number of ether oxygens (including phenoxy) is 1. The minimum Gasteiger partial charge on any atom is -0.495 e. The van der Waals surface area contributed by atoms with E-state index in [1.54, 1.807) is 17.9 Å². The first-order valence-electron chi connectivity index (χ1n) is 6.16. The summed E-state index contributed by atoms with van der Waals surface area (Å²) in [4.78, 5) is 8.82. The van der Waals surface area contributed by atoms with Crippen LogP contribution in [0.4, 0.5) is 5.95 Å². The fourth-order valence-electron chi connectivity index (χ4n) is 2.19. The monoisotopic (exact) mass is 410 g/mol. The number of benzene rings is 1. The molecule has 5 nitrogen and oxygen atoms in total. The second kappa shape index (κ2) is 5.31. The van der Waals surface area contributed by atoms with E-state index >= 15 is 0 Å². The number of aryl methyl sites for hydroxylation is 1. The second-order valence-corrected chi connectivity index (χ2v) is 6.25. The zero-order valence-corrected chi connectivity index (χ0v) is 14.6. The van der Waals surface area contributed by atoms with Crippen LogP contribution in [-0.4, -0.2) is 21.6 Å². The molecule has 1 aromatic carbocycles. The maximum Gasteiger partial charge on any atom is 0.207 e. The van der Waals surface area contributed by atoms with E-state index in [1.165, 1.54) is 0 Å². The predicted molar refractivity (Wildman–Crippen MR) is 90.0 cm³/mol. The van der Waals surface area contributed by atoms with Crippen LogP contribution < -0.4 is 10.5 Å². The van der Waals surface area contributed by atoms with Gasteiger partial charge in [-0.25, -0.2) is 9.97 Å². The number of hydrogen-bond acceptors (Lipinski definition) is 4. The number of anilines is 1. The molecule has 0 aliphatic heterocycles. The smallest absolute Gasteiger partial charge is 0.207 e. The Morgan fingerprint density at radius 3 is 2.71 bits per heavy atom. The van der Waals surface area contributed by atoms with Gasteiger partial charge in [-0.1, -0.05) is 0 Å². The number of rotatable bonds is 2. The number of aromatic nitrogens is 3. The summed E-state index contributed by atoms with van der Waals surface area (Å²) in [6, 6.07) is 5.71. The molecule has 21 heavy (non-hydrogen) atoms. The maximum absolute atomic E-state index is 6.09. The van der Waals surface area contributed by atoms with Gasteiger partial charge in [0.1, 0.15) is 11.3 Å². The molecule has 0 aliphatic carbocycles. The lowest BCUT2D eigenvalue weighted by Gasteiger charge is -2.12. The fourth-order valence-corrected chi connectivity index (χ4v) is 3.53. The van der Waals surface area contributed by atoms with E-state index in [4.69, 9.17) is 10.5 Å². The summed E-state index contributed by atoms with van der Waals surface area (Å²) in [5.41, 5.74) is 9.47. The van der Waals surface area contributed by atoms with Crippen molar-refractivity contribution in [2.24, 2.45) is 0 Å². The number of nitrogen functional groups attached to an aromatic ring is 1. The first kappa shape index (κ1) is 14.3. The lowest BCUT2D eigenvalue weighted by Crippen LogP contribution is -2.03. The number of imidazole rings is 1. The van der Waals surface area contributed by atoms with Gasteiger partial charge in [0.05, 0.1) is 17.3 Å². The lowest BCUT2D eigenvalue weighted by molar-refractivity contribution is 0.412. The van der Waals surface area contributed by atoms with Gasteiger partial charge in [-0.05, 0) is 56.5 Å². The molecule has 3 rings (SSSR count). The minimum absolute atomic E-state index is 0.386. The highest BCUT2D eigenvalue weighted by Crippen LogP contribution is 2.36. The Balaban J connectivity index is 2.35. The molecule has 0 aliphatic rings. The topological polar surface area (TPSA) is 66.0 Å². The molecule has 108 valence electrons. The average molecular weight is 412 g/mol. The highest BCUT2D eigenvalue weighted by Gasteiger charge is 2.17. The van der Waals surface area contributed by atoms with Gasteiger partial charge in [0.25, 0.3) is 0 Å². The fraction of sp³-hybridized carbons (Fsp3) is 0.143. The molecular weight excluding hydrogens is 400 g/mol. The molecule has 0 amide bonds. The van der Waals surface area contributed by atoms with E-state index in [2.05, 4.69) is 41.8 Å². The lowest BCUT2D eigenvalue weighted by atomic mass is 10.2. The van der Waals surface area contributed by atoms with Gasteiger partial charge in [0, 0.05) is 16.7 Å². The van der Waals surface area contributed by atoms with Crippen LogP contribution in [0.15, 0.2) is 33.3 Å². The van der Waals surface area contributed by atoms with Crippen molar-refractivity contribution < 1.29 is 4.74 Å². The number of nitrogens with zero attached hydrogens (tertiary/aromatic N) is 3. The van der Waals surface area contributed by atoms with E-state index in [1.807, 2.05) is 25.1 Å². The molecule has 2 aromatic heterocycles. The van der Waals surface area contributed by atoms with Crippen LogP contribution in [0.5, 0.6) is 5.75 Å². The Kier molecular flexibility index (Phi) is 3.62. The molecule has 0 fully saturated rings. The van der Waals surface area contributed by atoms with Crippen molar-refractivity contribution >= 4 is 49.0 Å². The molecule has 0 unspecified atom stereocenters.